The Labute approximate surface area is 110 Å². The van der Waals surface area contributed by atoms with Crippen LogP contribution in [-0.4, -0.2) is 9.97 Å². The molecule has 0 spiro atoms. The summed E-state index contributed by atoms with van der Waals surface area (Å²) >= 11 is 6.16. The van der Waals surface area contributed by atoms with Gasteiger partial charge < -0.3 is 0 Å². The van der Waals surface area contributed by atoms with E-state index in [1.807, 2.05) is 0 Å². The van der Waals surface area contributed by atoms with E-state index in [-0.39, 0.29) is 5.82 Å². The predicted molar refractivity (Wildman–Crippen MR) is 68.3 cm³/mol. The molecule has 1 heterocycles. The van der Waals surface area contributed by atoms with E-state index in [9.17, 15) is 4.39 Å². The number of aryl methyl sites for hydroxylation is 1. The zero-order valence-corrected chi connectivity index (χ0v) is 10.5. The molecule has 0 N–H and O–H groups in total. The van der Waals surface area contributed by atoms with Crippen LogP contribution in [0.25, 0.3) is 0 Å². The third kappa shape index (κ3) is 2.23. The molecular formula is C14H12ClFN2. The minimum atomic E-state index is -0.230. The maximum atomic E-state index is 12.8. The fourth-order valence-corrected chi connectivity index (χ4v) is 2.60. The summed E-state index contributed by atoms with van der Waals surface area (Å²) in [5.74, 6) is 0.485. The summed E-state index contributed by atoms with van der Waals surface area (Å²) in [5.41, 5.74) is 3.16. The summed E-state index contributed by atoms with van der Waals surface area (Å²) in [6.45, 7) is 0. The van der Waals surface area contributed by atoms with E-state index in [2.05, 4.69) is 9.97 Å². The SMILES string of the molecule is Fc1ccc(Cc2nc(Cl)c3c(n2)CCC3)cc1. The topological polar surface area (TPSA) is 25.8 Å². The van der Waals surface area contributed by atoms with Crippen LogP contribution in [0.15, 0.2) is 24.3 Å². The molecule has 2 aromatic rings. The highest BCUT2D eigenvalue weighted by Crippen LogP contribution is 2.26. The van der Waals surface area contributed by atoms with Crippen molar-refractivity contribution in [1.29, 1.82) is 0 Å². The molecule has 3 rings (SSSR count). The Hall–Kier alpha value is -1.48. The largest absolute Gasteiger partial charge is 0.237 e. The van der Waals surface area contributed by atoms with Gasteiger partial charge >= 0.3 is 0 Å². The molecule has 4 heteroatoms. The first-order valence-corrected chi connectivity index (χ1v) is 6.39. The average molecular weight is 263 g/mol. The molecule has 0 atom stereocenters. The zero-order valence-electron chi connectivity index (χ0n) is 9.79. The van der Waals surface area contributed by atoms with Gasteiger partial charge in [-0.05, 0) is 37.0 Å². The number of nitrogens with zero attached hydrogens (tertiary/aromatic N) is 2. The highest BCUT2D eigenvalue weighted by atomic mass is 35.5. The van der Waals surface area contributed by atoms with Crippen LogP contribution in [0.1, 0.15) is 29.1 Å². The lowest BCUT2D eigenvalue weighted by atomic mass is 10.1. The normalized spacial score (nSPS) is 13.7. The van der Waals surface area contributed by atoms with Gasteiger partial charge in [-0.3, -0.25) is 0 Å². The first-order chi connectivity index (χ1) is 8.72. The second-order valence-electron chi connectivity index (χ2n) is 4.51. The van der Waals surface area contributed by atoms with Crippen molar-refractivity contribution < 1.29 is 4.39 Å². The van der Waals surface area contributed by atoms with Crippen LogP contribution >= 0.6 is 11.6 Å². The Kier molecular flexibility index (Phi) is 3.00. The highest BCUT2D eigenvalue weighted by molar-refractivity contribution is 6.30. The van der Waals surface area contributed by atoms with Crippen LogP contribution in [0.4, 0.5) is 4.39 Å². The molecule has 1 aromatic heterocycles. The minimum absolute atomic E-state index is 0.230. The van der Waals surface area contributed by atoms with Crippen LogP contribution in [0.2, 0.25) is 5.15 Å². The Morgan fingerprint density at radius 1 is 1.11 bits per heavy atom. The molecule has 0 bridgehead atoms. The van der Waals surface area contributed by atoms with Crippen LogP contribution < -0.4 is 0 Å². The van der Waals surface area contributed by atoms with Crippen LogP contribution in [-0.2, 0) is 19.3 Å². The van der Waals surface area contributed by atoms with E-state index in [4.69, 9.17) is 11.6 Å². The maximum absolute atomic E-state index is 12.8. The molecule has 1 aliphatic carbocycles. The summed E-state index contributed by atoms with van der Waals surface area (Å²) in [6.07, 6.45) is 3.65. The second kappa shape index (κ2) is 4.65. The average Bonchev–Trinajstić information content (AvgIpc) is 2.81. The molecule has 0 amide bonds. The lowest BCUT2D eigenvalue weighted by Gasteiger charge is -2.05. The molecule has 0 radical (unpaired) electrons. The molecule has 2 nitrogen and oxygen atoms in total. The number of halogens is 2. The predicted octanol–water partition coefficient (Wildman–Crippen LogP) is 3.35. The summed E-state index contributed by atoms with van der Waals surface area (Å²) in [5, 5.41) is 0.578. The van der Waals surface area contributed by atoms with Crippen molar-refractivity contribution in [3.8, 4) is 0 Å². The van der Waals surface area contributed by atoms with E-state index in [0.717, 1.165) is 36.1 Å². The number of fused-ring (bicyclic) bond motifs is 1. The Balaban J connectivity index is 1.89. The third-order valence-electron chi connectivity index (χ3n) is 3.20. The molecule has 0 aliphatic heterocycles. The lowest BCUT2D eigenvalue weighted by molar-refractivity contribution is 0.627. The van der Waals surface area contributed by atoms with E-state index in [1.54, 1.807) is 12.1 Å². The van der Waals surface area contributed by atoms with Gasteiger partial charge in [0.15, 0.2) is 0 Å². The van der Waals surface area contributed by atoms with Gasteiger partial charge in [-0.25, -0.2) is 14.4 Å². The van der Waals surface area contributed by atoms with Gasteiger partial charge in [-0.15, -0.1) is 0 Å². The smallest absolute Gasteiger partial charge is 0.136 e. The molecule has 92 valence electrons. The standard InChI is InChI=1S/C14H12ClFN2/c15-14-11-2-1-3-12(11)17-13(18-14)8-9-4-6-10(16)7-5-9/h4-7H,1-3,8H2. The molecule has 0 fully saturated rings. The summed E-state index contributed by atoms with van der Waals surface area (Å²) < 4.78 is 12.8. The Morgan fingerprint density at radius 3 is 2.67 bits per heavy atom. The Bertz CT molecular complexity index is 581. The minimum Gasteiger partial charge on any atom is -0.237 e. The summed E-state index contributed by atoms with van der Waals surface area (Å²) in [6, 6.07) is 6.40. The zero-order chi connectivity index (χ0) is 12.5. The molecule has 0 saturated heterocycles. The van der Waals surface area contributed by atoms with Crippen molar-refractivity contribution in [1.82, 2.24) is 9.97 Å². The van der Waals surface area contributed by atoms with Crippen molar-refractivity contribution in [2.24, 2.45) is 0 Å². The monoisotopic (exact) mass is 262 g/mol. The number of hydrogen-bond acceptors (Lipinski definition) is 2. The molecule has 1 aliphatic rings. The first-order valence-electron chi connectivity index (χ1n) is 6.01. The quantitative estimate of drug-likeness (QED) is 0.776. The number of benzene rings is 1. The second-order valence-corrected chi connectivity index (χ2v) is 4.87. The van der Waals surface area contributed by atoms with E-state index in [0.29, 0.717) is 17.4 Å². The van der Waals surface area contributed by atoms with Crippen molar-refractivity contribution in [3.63, 3.8) is 0 Å². The van der Waals surface area contributed by atoms with E-state index in [1.165, 1.54) is 12.1 Å². The molecule has 0 saturated carbocycles. The molecule has 1 aromatic carbocycles. The van der Waals surface area contributed by atoms with E-state index >= 15 is 0 Å². The third-order valence-corrected chi connectivity index (χ3v) is 3.52. The lowest BCUT2D eigenvalue weighted by Crippen LogP contribution is -2.02. The van der Waals surface area contributed by atoms with Gasteiger partial charge in [0, 0.05) is 17.7 Å². The summed E-state index contributed by atoms with van der Waals surface area (Å²) in [4.78, 5) is 8.87. The van der Waals surface area contributed by atoms with Crippen molar-refractivity contribution in [2.75, 3.05) is 0 Å². The highest BCUT2D eigenvalue weighted by Gasteiger charge is 2.18. The van der Waals surface area contributed by atoms with Crippen molar-refractivity contribution >= 4 is 11.6 Å². The van der Waals surface area contributed by atoms with Gasteiger partial charge in [0.1, 0.15) is 16.8 Å². The molecule has 18 heavy (non-hydrogen) atoms. The van der Waals surface area contributed by atoms with E-state index < -0.39 is 0 Å². The van der Waals surface area contributed by atoms with Crippen LogP contribution in [0.3, 0.4) is 0 Å². The van der Waals surface area contributed by atoms with Gasteiger partial charge in [0.2, 0.25) is 0 Å². The number of aromatic nitrogens is 2. The molecular weight excluding hydrogens is 251 g/mol. The number of rotatable bonds is 2. The van der Waals surface area contributed by atoms with Gasteiger partial charge in [-0.1, -0.05) is 23.7 Å². The van der Waals surface area contributed by atoms with Crippen molar-refractivity contribution in [2.45, 2.75) is 25.7 Å². The fraction of sp³-hybridized carbons (Fsp3) is 0.286. The van der Waals surface area contributed by atoms with Gasteiger partial charge in [0.05, 0.1) is 0 Å². The van der Waals surface area contributed by atoms with Crippen LogP contribution in [0, 0.1) is 5.82 Å². The number of hydrogen-bond donors (Lipinski definition) is 0. The van der Waals surface area contributed by atoms with Crippen molar-refractivity contribution in [3.05, 3.63) is 57.9 Å². The fourth-order valence-electron chi connectivity index (χ4n) is 2.30. The summed E-state index contributed by atoms with van der Waals surface area (Å²) in [7, 11) is 0. The Morgan fingerprint density at radius 2 is 1.89 bits per heavy atom. The van der Waals surface area contributed by atoms with Gasteiger partial charge in [0.25, 0.3) is 0 Å². The maximum Gasteiger partial charge on any atom is 0.136 e. The van der Waals surface area contributed by atoms with Gasteiger partial charge in [-0.2, -0.15) is 0 Å². The van der Waals surface area contributed by atoms with Crippen LogP contribution in [0.5, 0.6) is 0 Å². The molecule has 0 unspecified atom stereocenters. The first kappa shape index (κ1) is 11.6.